The molecule has 1 aromatic rings. The maximum absolute atomic E-state index is 12.3. The molecule has 2 rings (SSSR count). The molecule has 0 aromatic heterocycles. The molecule has 104 valence electrons. The zero-order chi connectivity index (χ0) is 13.7. The van der Waals surface area contributed by atoms with Gasteiger partial charge < -0.3 is 15.8 Å². The summed E-state index contributed by atoms with van der Waals surface area (Å²) in [4.78, 5) is 12.3. The largest absolute Gasteiger partial charge is 0.497 e. The summed E-state index contributed by atoms with van der Waals surface area (Å²) in [5.74, 6) is 0.706. The normalized spacial score (nSPS) is 17.8. The van der Waals surface area contributed by atoms with Crippen molar-refractivity contribution in [2.24, 2.45) is 5.73 Å². The molecule has 1 amide bonds. The van der Waals surface area contributed by atoms with Gasteiger partial charge in [-0.2, -0.15) is 0 Å². The predicted octanol–water partition coefficient (Wildman–Crippen LogP) is 2.09. The fourth-order valence-corrected chi connectivity index (χ4v) is 2.66. The Morgan fingerprint density at radius 2 is 1.89 bits per heavy atom. The Bertz CT molecular complexity index is 422. The number of carbonyl (C=O) groups excluding carboxylic acids is 1. The molecule has 19 heavy (non-hydrogen) atoms. The summed E-state index contributed by atoms with van der Waals surface area (Å²) in [6.45, 7) is 0.509. The zero-order valence-corrected chi connectivity index (χ0v) is 11.4. The Hall–Kier alpha value is -1.55. The van der Waals surface area contributed by atoms with E-state index in [0.29, 0.717) is 12.1 Å². The molecule has 1 aliphatic rings. The van der Waals surface area contributed by atoms with Gasteiger partial charge in [-0.05, 0) is 37.1 Å². The topological polar surface area (TPSA) is 64.3 Å². The van der Waals surface area contributed by atoms with E-state index in [4.69, 9.17) is 10.5 Å². The average Bonchev–Trinajstić information content (AvgIpc) is 2.48. The van der Waals surface area contributed by atoms with E-state index in [0.717, 1.165) is 31.4 Å². The van der Waals surface area contributed by atoms with Crippen molar-refractivity contribution in [3.8, 4) is 5.75 Å². The highest BCUT2D eigenvalue weighted by molar-refractivity contribution is 5.94. The second-order valence-corrected chi connectivity index (χ2v) is 5.23. The van der Waals surface area contributed by atoms with E-state index in [1.54, 1.807) is 31.4 Å². The van der Waals surface area contributed by atoms with E-state index < -0.39 is 0 Å². The highest BCUT2D eigenvalue weighted by Crippen LogP contribution is 2.27. The van der Waals surface area contributed by atoms with Gasteiger partial charge in [-0.25, -0.2) is 0 Å². The lowest BCUT2D eigenvalue weighted by Crippen LogP contribution is -2.54. The van der Waals surface area contributed by atoms with Gasteiger partial charge >= 0.3 is 0 Å². The van der Waals surface area contributed by atoms with Crippen LogP contribution in [0.15, 0.2) is 24.3 Å². The van der Waals surface area contributed by atoms with E-state index >= 15 is 0 Å². The van der Waals surface area contributed by atoms with Crippen LogP contribution in [0, 0.1) is 0 Å². The number of rotatable bonds is 4. The Balaban J connectivity index is 2.06. The Morgan fingerprint density at radius 1 is 1.26 bits per heavy atom. The first-order valence-electron chi connectivity index (χ1n) is 6.86. The molecule has 0 saturated heterocycles. The zero-order valence-electron chi connectivity index (χ0n) is 11.4. The number of amides is 1. The lowest BCUT2D eigenvalue weighted by atomic mass is 9.81. The molecule has 1 saturated carbocycles. The van der Waals surface area contributed by atoms with Crippen LogP contribution in [-0.2, 0) is 0 Å². The molecule has 3 N–H and O–H groups in total. The van der Waals surface area contributed by atoms with Crippen molar-refractivity contribution >= 4 is 5.91 Å². The summed E-state index contributed by atoms with van der Waals surface area (Å²) in [6.07, 6.45) is 5.47. The van der Waals surface area contributed by atoms with E-state index in [-0.39, 0.29) is 11.4 Å². The van der Waals surface area contributed by atoms with Gasteiger partial charge in [-0.3, -0.25) is 4.79 Å². The van der Waals surface area contributed by atoms with E-state index in [1.165, 1.54) is 6.42 Å². The molecular formula is C15H22N2O2. The number of methoxy groups -OCH3 is 1. The summed E-state index contributed by atoms with van der Waals surface area (Å²) < 4.78 is 5.09. The third-order valence-corrected chi connectivity index (χ3v) is 3.93. The van der Waals surface area contributed by atoms with Gasteiger partial charge in [0.2, 0.25) is 0 Å². The molecule has 0 aliphatic heterocycles. The summed E-state index contributed by atoms with van der Waals surface area (Å²) in [6, 6.07) is 7.15. The van der Waals surface area contributed by atoms with Crippen molar-refractivity contribution in [2.45, 2.75) is 37.6 Å². The molecule has 1 aromatic carbocycles. The van der Waals surface area contributed by atoms with E-state index in [9.17, 15) is 4.79 Å². The van der Waals surface area contributed by atoms with Crippen LogP contribution in [-0.4, -0.2) is 25.1 Å². The number of hydrogen-bond donors (Lipinski definition) is 2. The average molecular weight is 262 g/mol. The summed E-state index contributed by atoms with van der Waals surface area (Å²) in [5, 5.41) is 3.13. The van der Waals surface area contributed by atoms with Crippen molar-refractivity contribution in [2.75, 3.05) is 13.7 Å². The molecule has 0 radical (unpaired) electrons. The summed E-state index contributed by atoms with van der Waals surface area (Å²) >= 11 is 0. The monoisotopic (exact) mass is 262 g/mol. The molecule has 1 aliphatic carbocycles. The Morgan fingerprint density at radius 3 is 2.42 bits per heavy atom. The molecule has 0 bridgehead atoms. The van der Waals surface area contributed by atoms with Crippen LogP contribution >= 0.6 is 0 Å². The van der Waals surface area contributed by atoms with Crippen LogP contribution in [0.5, 0.6) is 5.75 Å². The highest BCUT2D eigenvalue weighted by Gasteiger charge is 2.32. The quantitative estimate of drug-likeness (QED) is 0.873. The highest BCUT2D eigenvalue weighted by atomic mass is 16.5. The number of nitrogens with one attached hydrogen (secondary N) is 1. The second-order valence-electron chi connectivity index (χ2n) is 5.23. The Labute approximate surface area is 114 Å². The molecular weight excluding hydrogens is 240 g/mol. The maximum Gasteiger partial charge on any atom is 0.251 e. The first-order chi connectivity index (χ1) is 9.19. The third kappa shape index (κ3) is 3.26. The van der Waals surface area contributed by atoms with Crippen LogP contribution in [0.4, 0.5) is 0 Å². The van der Waals surface area contributed by atoms with Crippen molar-refractivity contribution < 1.29 is 9.53 Å². The van der Waals surface area contributed by atoms with Crippen molar-refractivity contribution in [1.82, 2.24) is 5.32 Å². The van der Waals surface area contributed by atoms with Crippen molar-refractivity contribution in [3.05, 3.63) is 29.8 Å². The Kier molecular flexibility index (Phi) is 4.43. The number of carbonyl (C=O) groups is 1. The number of benzene rings is 1. The fraction of sp³-hybridized carbons (Fsp3) is 0.533. The standard InChI is InChI=1S/C15H22N2O2/c1-19-13-7-5-12(6-8-13)14(18)17-15(11-16)9-3-2-4-10-15/h5-8H,2-4,9-11,16H2,1H3,(H,17,18). The molecule has 0 heterocycles. The van der Waals surface area contributed by atoms with Crippen LogP contribution in [0.2, 0.25) is 0 Å². The molecule has 4 heteroatoms. The first kappa shape index (κ1) is 13.9. The van der Waals surface area contributed by atoms with Gasteiger partial charge in [0.25, 0.3) is 5.91 Å². The maximum atomic E-state index is 12.3. The van der Waals surface area contributed by atoms with Gasteiger partial charge in [-0.1, -0.05) is 19.3 Å². The molecule has 0 spiro atoms. The van der Waals surface area contributed by atoms with Gasteiger partial charge in [-0.15, -0.1) is 0 Å². The summed E-state index contributed by atoms with van der Waals surface area (Å²) in [7, 11) is 1.61. The van der Waals surface area contributed by atoms with Crippen molar-refractivity contribution in [3.63, 3.8) is 0 Å². The first-order valence-corrected chi connectivity index (χ1v) is 6.86. The number of hydrogen-bond acceptors (Lipinski definition) is 3. The van der Waals surface area contributed by atoms with Crippen LogP contribution in [0.1, 0.15) is 42.5 Å². The van der Waals surface area contributed by atoms with Gasteiger partial charge in [0.05, 0.1) is 12.6 Å². The van der Waals surface area contributed by atoms with E-state index in [2.05, 4.69) is 5.32 Å². The minimum Gasteiger partial charge on any atom is -0.497 e. The fourth-order valence-electron chi connectivity index (χ4n) is 2.66. The van der Waals surface area contributed by atoms with E-state index in [1.807, 2.05) is 0 Å². The number of nitrogens with two attached hydrogens (primary N) is 1. The number of ether oxygens (including phenoxy) is 1. The summed E-state index contributed by atoms with van der Waals surface area (Å²) in [5.41, 5.74) is 6.31. The lowest BCUT2D eigenvalue weighted by Gasteiger charge is -2.37. The van der Waals surface area contributed by atoms with Gasteiger partial charge in [0.1, 0.15) is 5.75 Å². The van der Waals surface area contributed by atoms with Crippen LogP contribution in [0.25, 0.3) is 0 Å². The van der Waals surface area contributed by atoms with Gasteiger partial charge in [0.15, 0.2) is 0 Å². The third-order valence-electron chi connectivity index (χ3n) is 3.93. The van der Waals surface area contributed by atoms with Gasteiger partial charge in [0, 0.05) is 12.1 Å². The van der Waals surface area contributed by atoms with Crippen LogP contribution < -0.4 is 15.8 Å². The molecule has 1 fully saturated rings. The van der Waals surface area contributed by atoms with Crippen molar-refractivity contribution in [1.29, 1.82) is 0 Å². The molecule has 0 unspecified atom stereocenters. The second kappa shape index (κ2) is 6.06. The molecule has 0 atom stereocenters. The SMILES string of the molecule is COc1ccc(C(=O)NC2(CN)CCCCC2)cc1. The predicted molar refractivity (Wildman–Crippen MR) is 75.3 cm³/mol. The lowest BCUT2D eigenvalue weighted by molar-refractivity contribution is 0.0874. The minimum atomic E-state index is -0.213. The minimum absolute atomic E-state index is 0.0463. The van der Waals surface area contributed by atoms with Crippen LogP contribution in [0.3, 0.4) is 0 Å². The molecule has 4 nitrogen and oxygen atoms in total. The smallest absolute Gasteiger partial charge is 0.251 e.